The topological polar surface area (TPSA) is 71.5 Å². The van der Waals surface area contributed by atoms with E-state index in [9.17, 15) is 4.79 Å². The summed E-state index contributed by atoms with van der Waals surface area (Å²) < 4.78 is 11.3. The molecule has 0 unspecified atom stereocenters. The molecule has 0 spiro atoms. The van der Waals surface area contributed by atoms with Crippen molar-refractivity contribution in [2.24, 2.45) is 0 Å². The van der Waals surface area contributed by atoms with Crippen molar-refractivity contribution in [2.45, 2.75) is 0 Å². The van der Waals surface area contributed by atoms with Gasteiger partial charge in [0.1, 0.15) is 16.7 Å². The quantitative estimate of drug-likeness (QED) is 0.562. The molecule has 0 aliphatic carbocycles. The highest BCUT2D eigenvalue weighted by Gasteiger charge is 2.16. The minimum Gasteiger partial charge on any atom is -0.436 e. The van der Waals surface area contributed by atoms with Gasteiger partial charge in [-0.2, -0.15) is 0 Å². The Balaban J connectivity index is 1.59. The average Bonchev–Trinajstić information content (AvgIpc) is 3.11. The van der Waals surface area contributed by atoms with E-state index in [1.807, 2.05) is 36.4 Å². The molecular weight excluding hydrogens is 330 g/mol. The molecular formula is C20H17N3O3. The molecule has 1 aliphatic rings. The van der Waals surface area contributed by atoms with E-state index in [1.54, 1.807) is 6.07 Å². The van der Waals surface area contributed by atoms with Crippen molar-refractivity contribution in [3.63, 3.8) is 0 Å². The molecule has 1 saturated heterocycles. The van der Waals surface area contributed by atoms with Gasteiger partial charge in [-0.3, -0.25) is 0 Å². The number of para-hydroxylation sites is 2. The van der Waals surface area contributed by atoms with Crippen molar-refractivity contribution in [2.75, 3.05) is 31.1 Å². The van der Waals surface area contributed by atoms with Crippen molar-refractivity contribution in [1.29, 1.82) is 0 Å². The molecule has 0 radical (unpaired) electrons. The smallest absolute Gasteiger partial charge is 0.349 e. The molecule has 0 atom stereocenters. The van der Waals surface area contributed by atoms with E-state index in [4.69, 9.17) is 8.83 Å². The summed E-state index contributed by atoms with van der Waals surface area (Å²) in [5.74, 6) is 0.285. The van der Waals surface area contributed by atoms with Crippen LogP contribution in [0.3, 0.4) is 0 Å². The Morgan fingerprint density at radius 1 is 0.962 bits per heavy atom. The van der Waals surface area contributed by atoms with E-state index in [0.717, 1.165) is 42.8 Å². The molecule has 2 aromatic carbocycles. The fraction of sp³-hybridized carbons (Fsp3) is 0.200. The first kappa shape index (κ1) is 15.2. The number of hydrogen-bond donors (Lipinski definition) is 1. The Kier molecular flexibility index (Phi) is 3.50. The maximum atomic E-state index is 12.5. The van der Waals surface area contributed by atoms with Crippen LogP contribution in [0.5, 0.6) is 0 Å². The standard InChI is InChI=1S/C20H17N3O3/c24-20-15(19-22-16-3-1-2-4-17(16)25-19)11-13-5-6-14(12-18(13)26-20)23-9-7-21-8-10-23/h1-6,11-12,21H,7-10H2. The number of nitrogens with zero attached hydrogens (tertiary/aromatic N) is 2. The van der Waals surface area contributed by atoms with Crippen LogP contribution in [0.15, 0.2) is 62.2 Å². The average molecular weight is 347 g/mol. The highest BCUT2D eigenvalue weighted by molar-refractivity contribution is 5.84. The van der Waals surface area contributed by atoms with Crippen LogP contribution in [0.2, 0.25) is 0 Å². The summed E-state index contributed by atoms with van der Waals surface area (Å²) in [7, 11) is 0. The maximum Gasteiger partial charge on any atom is 0.349 e. The van der Waals surface area contributed by atoms with E-state index in [2.05, 4.69) is 21.3 Å². The van der Waals surface area contributed by atoms with Gasteiger partial charge in [0.25, 0.3) is 0 Å². The van der Waals surface area contributed by atoms with Gasteiger partial charge < -0.3 is 19.1 Å². The minimum atomic E-state index is -0.443. The van der Waals surface area contributed by atoms with Crippen LogP contribution in [0, 0.1) is 0 Å². The second kappa shape index (κ2) is 6.00. The zero-order valence-electron chi connectivity index (χ0n) is 14.1. The molecule has 1 N–H and O–H groups in total. The van der Waals surface area contributed by atoms with Crippen molar-refractivity contribution in [3.05, 3.63) is 59.0 Å². The fourth-order valence-corrected chi connectivity index (χ4v) is 3.36. The minimum absolute atomic E-state index is 0.285. The van der Waals surface area contributed by atoms with Crippen LogP contribution in [-0.4, -0.2) is 31.2 Å². The Morgan fingerprint density at radius 2 is 1.81 bits per heavy atom. The second-order valence-electron chi connectivity index (χ2n) is 6.39. The highest BCUT2D eigenvalue weighted by Crippen LogP contribution is 2.27. The number of anilines is 1. The third-order valence-electron chi connectivity index (χ3n) is 4.73. The maximum absolute atomic E-state index is 12.5. The van der Waals surface area contributed by atoms with Gasteiger partial charge >= 0.3 is 5.63 Å². The summed E-state index contributed by atoms with van der Waals surface area (Å²) in [6.45, 7) is 3.80. The first-order valence-electron chi connectivity index (χ1n) is 8.67. The molecule has 6 nitrogen and oxygen atoms in total. The lowest BCUT2D eigenvalue weighted by Crippen LogP contribution is -2.43. The molecule has 6 heteroatoms. The van der Waals surface area contributed by atoms with E-state index < -0.39 is 5.63 Å². The summed E-state index contributed by atoms with van der Waals surface area (Å²) in [5.41, 5.74) is 2.90. The lowest BCUT2D eigenvalue weighted by Gasteiger charge is -2.29. The van der Waals surface area contributed by atoms with Gasteiger partial charge in [-0.1, -0.05) is 12.1 Å². The van der Waals surface area contributed by atoms with Crippen molar-refractivity contribution in [1.82, 2.24) is 10.3 Å². The summed E-state index contributed by atoms with van der Waals surface area (Å²) in [5, 5.41) is 4.18. The van der Waals surface area contributed by atoms with Crippen LogP contribution in [0.4, 0.5) is 5.69 Å². The number of piperazine rings is 1. The number of benzene rings is 2. The third-order valence-corrected chi connectivity index (χ3v) is 4.73. The third kappa shape index (κ3) is 2.55. The van der Waals surface area contributed by atoms with Crippen molar-refractivity contribution in [3.8, 4) is 11.5 Å². The molecule has 26 heavy (non-hydrogen) atoms. The summed E-state index contributed by atoms with van der Waals surface area (Å²) in [6.07, 6.45) is 0. The number of nitrogens with one attached hydrogen (secondary N) is 1. The second-order valence-corrected chi connectivity index (χ2v) is 6.39. The molecule has 0 bridgehead atoms. The predicted molar refractivity (Wildman–Crippen MR) is 101 cm³/mol. The van der Waals surface area contributed by atoms with Gasteiger partial charge in [-0.15, -0.1) is 0 Å². The van der Waals surface area contributed by atoms with Gasteiger partial charge in [0.2, 0.25) is 5.89 Å². The van der Waals surface area contributed by atoms with E-state index in [-0.39, 0.29) is 5.89 Å². The Bertz CT molecular complexity index is 1120. The lowest BCUT2D eigenvalue weighted by atomic mass is 10.1. The largest absolute Gasteiger partial charge is 0.436 e. The molecule has 4 aromatic rings. The molecule has 130 valence electrons. The van der Waals surface area contributed by atoms with Crippen molar-refractivity contribution < 1.29 is 8.83 Å². The molecule has 5 rings (SSSR count). The van der Waals surface area contributed by atoms with E-state index >= 15 is 0 Å². The molecule has 2 aromatic heterocycles. The first-order valence-corrected chi connectivity index (χ1v) is 8.67. The molecule has 3 heterocycles. The van der Waals surface area contributed by atoms with Crippen molar-refractivity contribution >= 4 is 27.8 Å². The van der Waals surface area contributed by atoms with Gasteiger partial charge in [0, 0.05) is 43.3 Å². The molecule has 1 aliphatic heterocycles. The number of oxazole rings is 1. The van der Waals surface area contributed by atoms with Gasteiger partial charge in [-0.25, -0.2) is 9.78 Å². The van der Waals surface area contributed by atoms with E-state index in [0.29, 0.717) is 16.7 Å². The number of hydrogen-bond acceptors (Lipinski definition) is 6. The lowest BCUT2D eigenvalue weighted by molar-refractivity contribution is 0.552. The van der Waals surface area contributed by atoms with Gasteiger partial charge in [0.15, 0.2) is 5.58 Å². The fourth-order valence-electron chi connectivity index (χ4n) is 3.36. The van der Waals surface area contributed by atoms with Crippen LogP contribution in [0.25, 0.3) is 33.5 Å². The number of rotatable bonds is 2. The Morgan fingerprint density at radius 3 is 2.65 bits per heavy atom. The Hall–Kier alpha value is -3.12. The Labute approximate surface area is 149 Å². The summed E-state index contributed by atoms with van der Waals surface area (Å²) in [6, 6.07) is 15.2. The summed E-state index contributed by atoms with van der Waals surface area (Å²) in [4.78, 5) is 19.2. The first-order chi connectivity index (χ1) is 12.8. The SMILES string of the molecule is O=c1oc2cc(N3CCNCC3)ccc2cc1-c1nc2ccccc2o1. The highest BCUT2D eigenvalue weighted by atomic mass is 16.4. The van der Waals surface area contributed by atoms with Crippen LogP contribution in [-0.2, 0) is 0 Å². The van der Waals surface area contributed by atoms with Gasteiger partial charge in [-0.05, 0) is 30.3 Å². The van der Waals surface area contributed by atoms with E-state index in [1.165, 1.54) is 0 Å². The zero-order valence-corrected chi connectivity index (χ0v) is 14.1. The van der Waals surface area contributed by atoms with Crippen LogP contribution in [0.1, 0.15) is 0 Å². The molecule has 0 saturated carbocycles. The predicted octanol–water partition coefficient (Wildman–Crippen LogP) is 3.01. The monoisotopic (exact) mass is 347 g/mol. The van der Waals surface area contributed by atoms with Crippen LogP contribution < -0.4 is 15.8 Å². The normalized spacial score (nSPS) is 15.0. The molecule has 1 fully saturated rings. The zero-order chi connectivity index (χ0) is 17.5. The molecule has 0 amide bonds. The van der Waals surface area contributed by atoms with Crippen LogP contribution >= 0.6 is 0 Å². The number of fused-ring (bicyclic) bond motifs is 2. The summed E-state index contributed by atoms with van der Waals surface area (Å²) >= 11 is 0. The number of aromatic nitrogens is 1. The van der Waals surface area contributed by atoms with Gasteiger partial charge in [0.05, 0.1) is 0 Å².